The summed E-state index contributed by atoms with van der Waals surface area (Å²) in [6, 6.07) is 10.2. The predicted molar refractivity (Wildman–Crippen MR) is 96.0 cm³/mol. The second kappa shape index (κ2) is 7.13. The zero-order chi connectivity index (χ0) is 18.0. The normalized spacial score (nSPS) is 12.0. The molecule has 0 radical (unpaired) electrons. The van der Waals surface area contributed by atoms with Gasteiger partial charge in [0, 0.05) is 11.1 Å². The number of furan rings is 1. The molecule has 1 atom stereocenters. The Labute approximate surface area is 153 Å². The number of anilines is 1. The molecule has 1 N–H and O–H groups in total. The molecule has 0 aliphatic carbocycles. The molecule has 2 aromatic heterocycles. The van der Waals surface area contributed by atoms with Crippen LogP contribution in [0.5, 0.6) is 0 Å². The van der Waals surface area contributed by atoms with Gasteiger partial charge in [-0.2, -0.15) is 5.10 Å². The number of carbonyl (C=O) groups excluding carboxylic acids is 1. The van der Waals surface area contributed by atoms with Crippen molar-refractivity contribution in [1.82, 2.24) is 9.78 Å². The van der Waals surface area contributed by atoms with E-state index < -0.39 is 17.5 Å². The van der Waals surface area contributed by atoms with Crippen LogP contribution in [-0.4, -0.2) is 15.7 Å². The Morgan fingerprint density at radius 2 is 2.04 bits per heavy atom. The van der Waals surface area contributed by atoms with Crippen LogP contribution in [0.4, 0.5) is 5.69 Å². The first-order valence-electron chi connectivity index (χ1n) is 7.35. The van der Waals surface area contributed by atoms with E-state index in [0.29, 0.717) is 27.2 Å². The van der Waals surface area contributed by atoms with Crippen molar-refractivity contribution in [3.05, 3.63) is 69.1 Å². The number of amides is 1. The first-order chi connectivity index (χ1) is 12.0. The van der Waals surface area contributed by atoms with Gasteiger partial charge in [0.25, 0.3) is 5.56 Å². The fraction of sp³-hybridized carbons (Fsp3) is 0.118. The van der Waals surface area contributed by atoms with Crippen LogP contribution in [0, 0.1) is 0 Å². The highest BCUT2D eigenvalue weighted by Gasteiger charge is 2.19. The third-order valence-corrected chi connectivity index (χ3v) is 4.10. The molecule has 25 heavy (non-hydrogen) atoms. The largest absolute Gasteiger partial charge is 0.463 e. The second-order valence-electron chi connectivity index (χ2n) is 5.27. The van der Waals surface area contributed by atoms with Crippen LogP contribution in [0.2, 0.25) is 10.0 Å². The Balaban J connectivity index is 1.88. The van der Waals surface area contributed by atoms with Crippen LogP contribution in [0.25, 0.3) is 11.5 Å². The van der Waals surface area contributed by atoms with E-state index in [2.05, 4.69) is 10.4 Å². The van der Waals surface area contributed by atoms with E-state index in [-0.39, 0.29) is 0 Å². The summed E-state index contributed by atoms with van der Waals surface area (Å²) in [6.07, 6.45) is 1.50. The van der Waals surface area contributed by atoms with Gasteiger partial charge in [0.05, 0.1) is 17.0 Å². The lowest BCUT2D eigenvalue weighted by Crippen LogP contribution is -2.33. The van der Waals surface area contributed by atoms with Crippen molar-refractivity contribution >= 4 is 34.8 Å². The van der Waals surface area contributed by atoms with Crippen molar-refractivity contribution in [2.75, 3.05) is 5.32 Å². The highest BCUT2D eigenvalue weighted by molar-refractivity contribution is 6.35. The topological polar surface area (TPSA) is 77.1 Å². The van der Waals surface area contributed by atoms with E-state index >= 15 is 0 Å². The average Bonchev–Trinajstić information content (AvgIpc) is 3.12. The lowest BCUT2D eigenvalue weighted by atomic mass is 10.2. The number of benzene rings is 1. The van der Waals surface area contributed by atoms with Gasteiger partial charge in [-0.05, 0) is 43.3 Å². The minimum absolute atomic E-state index is 0.342. The molecule has 0 saturated heterocycles. The van der Waals surface area contributed by atoms with Crippen molar-refractivity contribution in [1.29, 1.82) is 0 Å². The van der Waals surface area contributed by atoms with Crippen molar-refractivity contribution < 1.29 is 9.21 Å². The molecule has 3 aromatic rings. The molecule has 0 fully saturated rings. The number of rotatable bonds is 4. The van der Waals surface area contributed by atoms with Gasteiger partial charge in [0.2, 0.25) is 5.91 Å². The van der Waals surface area contributed by atoms with E-state index in [4.69, 9.17) is 27.6 Å². The van der Waals surface area contributed by atoms with Gasteiger partial charge in [0.15, 0.2) is 5.76 Å². The molecule has 8 heteroatoms. The smallest absolute Gasteiger partial charge is 0.267 e. The van der Waals surface area contributed by atoms with Crippen LogP contribution in [0.15, 0.2) is 57.9 Å². The molecule has 1 amide bonds. The summed E-state index contributed by atoms with van der Waals surface area (Å²) in [5.41, 5.74) is 0.404. The summed E-state index contributed by atoms with van der Waals surface area (Å²) in [5, 5.41) is 7.64. The number of hydrogen-bond acceptors (Lipinski definition) is 4. The quantitative estimate of drug-likeness (QED) is 0.744. The SMILES string of the molecule is CC(C(=O)Nc1cc(Cl)ccc1Cl)n1nc(-c2ccco2)ccc1=O. The minimum atomic E-state index is -0.863. The van der Waals surface area contributed by atoms with Crippen molar-refractivity contribution in [3.63, 3.8) is 0 Å². The lowest BCUT2D eigenvalue weighted by molar-refractivity contribution is -0.119. The fourth-order valence-electron chi connectivity index (χ4n) is 2.20. The van der Waals surface area contributed by atoms with E-state index in [1.54, 1.807) is 31.2 Å². The Kier molecular flexibility index (Phi) is 4.92. The van der Waals surface area contributed by atoms with Gasteiger partial charge < -0.3 is 9.73 Å². The van der Waals surface area contributed by atoms with E-state index in [1.807, 2.05) is 0 Å². The predicted octanol–water partition coefficient (Wildman–Crippen LogP) is 4.01. The van der Waals surface area contributed by atoms with Gasteiger partial charge in [-0.25, -0.2) is 4.68 Å². The van der Waals surface area contributed by atoms with Crippen LogP contribution in [0.1, 0.15) is 13.0 Å². The number of nitrogens with one attached hydrogen (secondary N) is 1. The molecule has 128 valence electrons. The van der Waals surface area contributed by atoms with Crippen molar-refractivity contribution in [3.8, 4) is 11.5 Å². The van der Waals surface area contributed by atoms with Gasteiger partial charge in [-0.3, -0.25) is 9.59 Å². The molecule has 0 spiro atoms. The highest BCUT2D eigenvalue weighted by Crippen LogP contribution is 2.26. The van der Waals surface area contributed by atoms with Gasteiger partial charge in [-0.1, -0.05) is 23.2 Å². The van der Waals surface area contributed by atoms with Crippen molar-refractivity contribution in [2.24, 2.45) is 0 Å². The van der Waals surface area contributed by atoms with Crippen molar-refractivity contribution in [2.45, 2.75) is 13.0 Å². The third-order valence-electron chi connectivity index (χ3n) is 3.53. The molecule has 2 heterocycles. The Morgan fingerprint density at radius 1 is 1.24 bits per heavy atom. The van der Waals surface area contributed by atoms with Gasteiger partial charge in [0.1, 0.15) is 11.7 Å². The van der Waals surface area contributed by atoms with Crippen LogP contribution < -0.4 is 10.9 Å². The van der Waals surface area contributed by atoms with Gasteiger partial charge in [-0.15, -0.1) is 0 Å². The highest BCUT2D eigenvalue weighted by atomic mass is 35.5. The zero-order valence-electron chi connectivity index (χ0n) is 13.1. The Bertz CT molecular complexity index is 968. The summed E-state index contributed by atoms with van der Waals surface area (Å²) in [4.78, 5) is 24.6. The standard InChI is InChI=1S/C17H13Cl2N3O3/c1-10(17(24)20-14-9-11(18)4-5-12(14)19)22-16(23)7-6-13(21-22)15-3-2-8-25-15/h2-10H,1H3,(H,20,24). The summed E-state index contributed by atoms with van der Waals surface area (Å²) in [7, 11) is 0. The summed E-state index contributed by atoms with van der Waals surface area (Å²) >= 11 is 12.0. The minimum Gasteiger partial charge on any atom is -0.463 e. The maximum atomic E-state index is 12.5. The molecule has 3 rings (SSSR count). The average molecular weight is 378 g/mol. The van der Waals surface area contributed by atoms with Gasteiger partial charge >= 0.3 is 0 Å². The zero-order valence-corrected chi connectivity index (χ0v) is 14.6. The maximum Gasteiger partial charge on any atom is 0.267 e. The Hall–Kier alpha value is -2.57. The summed E-state index contributed by atoms with van der Waals surface area (Å²) in [5.74, 6) is 0.0506. The molecule has 1 aromatic carbocycles. The first kappa shape index (κ1) is 17.3. The second-order valence-corrected chi connectivity index (χ2v) is 6.11. The molecule has 0 aliphatic heterocycles. The van der Waals surface area contributed by atoms with Crippen LogP contribution in [-0.2, 0) is 4.79 Å². The molecule has 0 saturated carbocycles. The first-order valence-corrected chi connectivity index (χ1v) is 8.11. The van der Waals surface area contributed by atoms with Crippen LogP contribution >= 0.6 is 23.2 Å². The molecule has 0 bridgehead atoms. The summed E-state index contributed by atoms with van der Waals surface area (Å²) in [6.45, 7) is 1.56. The van der Waals surface area contributed by atoms with Crippen LogP contribution in [0.3, 0.4) is 0 Å². The molecular formula is C17H13Cl2N3O3. The third kappa shape index (κ3) is 3.75. The van der Waals surface area contributed by atoms with E-state index in [1.165, 1.54) is 24.5 Å². The lowest BCUT2D eigenvalue weighted by Gasteiger charge is -2.15. The Morgan fingerprint density at radius 3 is 2.76 bits per heavy atom. The number of hydrogen-bond donors (Lipinski definition) is 1. The maximum absolute atomic E-state index is 12.5. The van der Waals surface area contributed by atoms with E-state index in [0.717, 1.165) is 4.68 Å². The molecular weight excluding hydrogens is 365 g/mol. The number of halogens is 2. The number of carbonyl (C=O) groups is 1. The molecule has 1 unspecified atom stereocenters. The fourth-order valence-corrected chi connectivity index (χ4v) is 2.54. The molecule has 6 nitrogen and oxygen atoms in total. The summed E-state index contributed by atoms with van der Waals surface area (Å²) < 4.78 is 6.36. The number of aromatic nitrogens is 2. The monoisotopic (exact) mass is 377 g/mol. The number of nitrogens with zero attached hydrogens (tertiary/aromatic N) is 2. The molecule has 0 aliphatic rings. The van der Waals surface area contributed by atoms with E-state index in [9.17, 15) is 9.59 Å².